The molecule has 0 unspecified atom stereocenters. The molecule has 5 rings (SSSR count). The molecule has 1 saturated carbocycles. The van der Waals surface area contributed by atoms with Crippen molar-refractivity contribution in [1.82, 2.24) is 9.47 Å². The average Bonchev–Trinajstić information content (AvgIpc) is 3.07. The van der Waals surface area contributed by atoms with Crippen LogP contribution in [0.2, 0.25) is 0 Å². The number of nitrogens with zero attached hydrogens (tertiary/aromatic N) is 2. The summed E-state index contributed by atoms with van der Waals surface area (Å²) < 4.78 is 8.25. The number of hydrogen-bond acceptors (Lipinski definition) is 2. The quantitative estimate of drug-likeness (QED) is 0.391. The first-order valence-corrected chi connectivity index (χ1v) is 12.5. The molecule has 174 valence electrons. The van der Waals surface area contributed by atoms with E-state index in [0.717, 1.165) is 6.54 Å². The Morgan fingerprint density at radius 1 is 1.00 bits per heavy atom. The first kappa shape index (κ1) is 22.1. The van der Waals surface area contributed by atoms with Crippen LogP contribution in [0.5, 0.6) is 0 Å². The third kappa shape index (κ3) is 4.28. The molecule has 4 nitrogen and oxygen atoms in total. The monoisotopic (exact) mass is 444 g/mol. The second kappa shape index (κ2) is 8.55. The molecule has 1 aliphatic heterocycles. The van der Waals surface area contributed by atoms with Crippen molar-refractivity contribution in [1.29, 1.82) is 0 Å². The number of ether oxygens (including phenoxy) is 1. The van der Waals surface area contributed by atoms with Crippen LogP contribution in [0.25, 0.3) is 22.2 Å². The Morgan fingerprint density at radius 3 is 2.52 bits per heavy atom. The summed E-state index contributed by atoms with van der Waals surface area (Å²) in [5.74, 6) is 0.606. The molecular formula is C29H36N2O2. The lowest BCUT2D eigenvalue weighted by atomic mass is 9.81. The molecule has 4 heteroatoms. The molecule has 1 aromatic heterocycles. The lowest BCUT2D eigenvalue weighted by Crippen LogP contribution is -2.39. The SMILES string of the molecule is Cc1ccc2c(C3CCCCC3)c3n(c2c1)CCN(C(=O)OC(C)(C)C)Cc1ccccc1-3. The van der Waals surface area contributed by atoms with Gasteiger partial charge in [-0.25, -0.2) is 4.79 Å². The second-order valence-corrected chi connectivity index (χ2v) is 10.8. The van der Waals surface area contributed by atoms with Gasteiger partial charge in [0.1, 0.15) is 5.60 Å². The highest BCUT2D eigenvalue weighted by molar-refractivity contribution is 5.93. The highest BCUT2D eigenvalue weighted by atomic mass is 16.6. The zero-order valence-electron chi connectivity index (χ0n) is 20.5. The molecule has 2 aromatic carbocycles. The standard InChI is InChI=1S/C29H36N2O2/c1-20-14-15-24-25(18-20)31-17-16-30(28(32)33-29(2,3)4)19-22-12-8-9-13-23(22)27(31)26(24)21-10-6-5-7-11-21/h8-9,12-15,18,21H,5-7,10-11,16-17,19H2,1-4H3. The molecule has 0 bridgehead atoms. The number of aromatic nitrogens is 1. The largest absolute Gasteiger partial charge is 0.444 e. The van der Waals surface area contributed by atoms with Crippen molar-refractivity contribution < 1.29 is 9.53 Å². The summed E-state index contributed by atoms with van der Waals surface area (Å²) in [7, 11) is 0. The van der Waals surface area contributed by atoms with Gasteiger partial charge in [-0.15, -0.1) is 0 Å². The van der Waals surface area contributed by atoms with Crippen molar-refractivity contribution in [2.75, 3.05) is 6.54 Å². The first-order chi connectivity index (χ1) is 15.8. The van der Waals surface area contributed by atoms with Gasteiger partial charge in [0.15, 0.2) is 0 Å². The Balaban J connectivity index is 1.68. The predicted octanol–water partition coefficient (Wildman–Crippen LogP) is 7.42. The molecule has 3 aromatic rings. The van der Waals surface area contributed by atoms with Crippen molar-refractivity contribution in [2.45, 2.75) is 84.4 Å². The minimum absolute atomic E-state index is 0.235. The Morgan fingerprint density at radius 2 is 1.76 bits per heavy atom. The van der Waals surface area contributed by atoms with Crippen LogP contribution in [-0.2, 0) is 17.8 Å². The Kier molecular flexibility index (Phi) is 5.72. The predicted molar refractivity (Wildman–Crippen MR) is 135 cm³/mol. The molecule has 0 atom stereocenters. The van der Waals surface area contributed by atoms with E-state index >= 15 is 0 Å². The maximum Gasteiger partial charge on any atom is 0.410 e. The van der Waals surface area contributed by atoms with E-state index in [4.69, 9.17) is 4.74 Å². The number of rotatable bonds is 1. The van der Waals surface area contributed by atoms with Crippen molar-refractivity contribution in [3.05, 3.63) is 59.2 Å². The number of carbonyl (C=O) groups is 1. The van der Waals surface area contributed by atoms with Gasteiger partial charge in [-0.2, -0.15) is 0 Å². The fraction of sp³-hybridized carbons (Fsp3) is 0.483. The van der Waals surface area contributed by atoms with Crippen molar-refractivity contribution in [3.63, 3.8) is 0 Å². The van der Waals surface area contributed by atoms with Gasteiger partial charge in [0, 0.05) is 36.1 Å². The Labute approximate surface area is 197 Å². The van der Waals surface area contributed by atoms with Crippen LogP contribution in [-0.4, -0.2) is 27.7 Å². The third-order valence-electron chi connectivity index (χ3n) is 7.15. The van der Waals surface area contributed by atoms with E-state index in [1.165, 1.54) is 71.0 Å². The number of hydrogen-bond donors (Lipinski definition) is 0. The molecule has 0 saturated heterocycles. The fourth-order valence-electron chi connectivity index (χ4n) is 5.69. The molecule has 2 heterocycles. The highest BCUT2D eigenvalue weighted by Crippen LogP contribution is 2.45. The van der Waals surface area contributed by atoms with Gasteiger partial charge in [-0.05, 0) is 69.2 Å². The summed E-state index contributed by atoms with van der Waals surface area (Å²) in [6.45, 7) is 9.95. The number of fused-ring (bicyclic) bond motifs is 5. The smallest absolute Gasteiger partial charge is 0.410 e. The van der Waals surface area contributed by atoms with Crippen LogP contribution in [0.1, 0.15) is 75.5 Å². The topological polar surface area (TPSA) is 34.5 Å². The minimum atomic E-state index is -0.504. The molecule has 2 aliphatic rings. The van der Waals surface area contributed by atoms with Gasteiger partial charge in [-0.3, -0.25) is 0 Å². The molecule has 0 spiro atoms. The summed E-state index contributed by atoms with van der Waals surface area (Å²) in [5.41, 5.74) is 7.44. The summed E-state index contributed by atoms with van der Waals surface area (Å²) in [4.78, 5) is 14.9. The molecule has 0 N–H and O–H groups in total. The summed E-state index contributed by atoms with van der Waals surface area (Å²) >= 11 is 0. The van der Waals surface area contributed by atoms with Gasteiger partial charge in [0.2, 0.25) is 0 Å². The van der Waals surface area contributed by atoms with E-state index in [1.54, 1.807) is 0 Å². The second-order valence-electron chi connectivity index (χ2n) is 10.8. The van der Waals surface area contributed by atoms with E-state index < -0.39 is 5.60 Å². The third-order valence-corrected chi connectivity index (χ3v) is 7.15. The zero-order valence-corrected chi connectivity index (χ0v) is 20.5. The molecule has 1 amide bonds. The molecule has 1 aliphatic carbocycles. The van der Waals surface area contributed by atoms with Gasteiger partial charge < -0.3 is 14.2 Å². The number of amides is 1. The molecule has 1 fully saturated rings. The van der Waals surface area contributed by atoms with E-state index in [0.29, 0.717) is 19.0 Å². The number of benzene rings is 2. The molecule has 33 heavy (non-hydrogen) atoms. The van der Waals surface area contributed by atoms with Crippen molar-refractivity contribution in [3.8, 4) is 11.3 Å². The van der Waals surface area contributed by atoms with Crippen LogP contribution < -0.4 is 0 Å². The van der Waals surface area contributed by atoms with Gasteiger partial charge in [0.05, 0.1) is 5.69 Å². The van der Waals surface area contributed by atoms with Crippen molar-refractivity contribution in [2.24, 2.45) is 0 Å². The molecular weight excluding hydrogens is 408 g/mol. The van der Waals surface area contributed by atoms with Gasteiger partial charge in [0.25, 0.3) is 0 Å². The Hall–Kier alpha value is -2.75. The lowest BCUT2D eigenvalue weighted by Gasteiger charge is -2.31. The number of carbonyl (C=O) groups excluding carboxylic acids is 1. The van der Waals surface area contributed by atoms with Gasteiger partial charge >= 0.3 is 6.09 Å². The molecule has 0 radical (unpaired) electrons. The summed E-state index contributed by atoms with van der Waals surface area (Å²) in [6.07, 6.45) is 6.29. The maximum atomic E-state index is 13.1. The van der Waals surface area contributed by atoms with E-state index in [9.17, 15) is 4.79 Å². The highest BCUT2D eigenvalue weighted by Gasteiger charge is 2.31. The lowest BCUT2D eigenvalue weighted by molar-refractivity contribution is 0.0226. The van der Waals surface area contributed by atoms with Crippen LogP contribution in [0.3, 0.4) is 0 Å². The summed E-state index contributed by atoms with van der Waals surface area (Å²) in [6, 6.07) is 15.6. The van der Waals surface area contributed by atoms with E-state index in [-0.39, 0.29) is 6.09 Å². The normalized spacial score (nSPS) is 17.3. The van der Waals surface area contributed by atoms with E-state index in [2.05, 4.69) is 54.0 Å². The summed E-state index contributed by atoms with van der Waals surface area (Å²) in [5, 5.41) is 1.39. The van der Waals surface area contributed by atoms with Crippen LogP contribution in [0.15, 0.2) is 42.5 Å². The average molecular weight is 445 g/mol. The maximum absolute atomic E-state index is 13.1. The first-order valence-electron chi connectivity index (χ1n) is 12.5. The van der Waals surface area contributed by atoms with Crippen LogP contribution in [0.4, 0.5) is 4.79 Å². The Bertz CT molecular complexity index is 1180. The van der Waals surface area contributed by atoms with Crippen molar-refractivity contribution >= 4 is 17.0 Å². The van der Waals surface area contributed by atoms with Crippen LogP contribution >= 0.6 is 0 Å². The van der Waals surface area contributed by atoms with Crippen LogP contribution in [0, 0.1) is 6.92 Å². The minimum Gasteiger partial charge on any atom is -0.444 e. The zero-order chi connectivity index (χ0) is 23.2. The van der Waals surface area contributed by atoms with E-state index in [1.807, 2.05) is 25.7 Å². The number of aryl methyl sites for hydroxylation is 1. The van der Waals surface area contributed by atoms with Gasteiger partial charge in [-0.1, -0.05) is 55.7 Å². The fourth-order valence-corrected chi connectivity index (χ4v) is 5.69.